The summed E-state index contributed by atoms with van der Waals surface area (Å²) in [7, 11) is 0. The minimum absolute atomic E-state index is 0. The Kier molecular flexibility index (Phi) is 8.39. The SMILES string of the molecule is Cl.Oc1c(I)cc(I)cc1[C@@H](CC(F)F)N1CCNCC1. The molecule has 1 aliphatic heterocycles. The Morgan fingerprint density at radius 2 is 1.86 bits per heavy atom. The van der Waals surface area contributed by atoms with Crippen LogP contribution >= 0.6 is 57.6 Å². The summed E-state index contributed by atoms with van der Waals surface area (Å²) < 4.78 is 27.5. The van der Waals surface area contributed by atoms with Crippen molar-refractivity contribution in [2.24, 2.45) is 0 Å². The van der Waals surface area contributed by atoms with Crippen LogP contribution in [0.4, 0.5) is 8.78 Å². The molecule has 2 N–H and O–H groups in total. The first-order valence-corrected chi connectivity index (χ1v) is 8.55. The molecule has 1 aliphatic rings. The zero-order valence-corrected chi connectivity index (χ0v) is 16.3. The van der Waals surface area contributed by atoms with Gasteiger partial charge in [-0.25, -0.2) is 8.78 Å². The van der Waals surface area contributed by atoms with Gasteiger partial charge in [-0.1, -0.05) is 0 Å². The lowest BCUT2D eigenvalue weighted by Crippen LogP contribution is -2.45. The number of nitrogens with one attached hydrogen (secondary N) is 1. The van der Waals surface area contributed by atoms with E-state index in [0.717, 1.165) is 29.7 Å². The highest BCUT2D eigenvalue weighted by Crippen LogP contribution is 2.37. The zero-order valence-electron chi connectivity index (χ0n) is 11.2. The van der Waals surface area contributed by atoms with E-state index in [9.17, 15) is 13.9 Å². The smallest absolute Gasteiger partial charge is 0.240 e. The molecule has 8 heteroatoms. The second-order valence-electron chi connectivity index (χ2n) is 4.75. The van der Waals surface area contributed by atoms with E-state index in [1.165, 1.54) is 0 Å². The number of rotatable bonds is 4. The van der Waals surface area contributed by atoms with Crippen molar-refractivity contribution >= 4 is 57.6 Å². The van der Waals surface area contributed by atoms with Crippen LogP contribution in [-0.2, 0) is 0 Å². The van der Waals surface area contributed by atoms with Gasteiger partial charge in [-0.2, -0.15) is 0 Å². The van der Waals surface area contributed by atoms with Crippen LogP contribution in [0, 0.1) is 7.14 Å². The average Bonchev–Trinajstić information content (AvgIpc) is 2.41. The summed E-state index contributed by atoms with van der Waals surface area (Å²) in [6.45, 7) is 3.03. The summed E-state index contributed by atoms with van der Waals surface area (Å²) in [5, 5.41) is 13.5. The quantitative estimate of drug-likeness (QED) is 0.569. The number of hydrogen-bond donors (Lipinski definition) is 2. The molecule has 2 rings (SSSR count). The van der Waals surface area contributed by atoms with Crippen molar-refractivity contribution in [3.63, 3.8) is 0 Å². The molecule has 3 nitrogen and oxygen atoms in total. The lowest BCUT2D eigenvalue weighted by Gasteiger charge is -2.35. The Hall–Kier alpha value is 0.550. The number of halogens is 5. The van der Waals surface area contributed by atoms with E-state index in [-0.39, 0.29) is 24.6 Å². The van der Waals surface area contributed by atoms with E-state index in [0.29, 0.717) is 9.13 Å². The van der Waals surface area contributed by atoms with Gasteiger partial charge in [-0.05, 0) is 57.3 Å². The standard InChI is InChI=1S/C13H16F2I2N2O.ClH/c14-12(15)7-11(19-3-1-18-2-4-19)9-5-8(16)6-10(17)13(9)20;/h5-6,11-12,18,20H,1-4,7H2;1H/t11-;/m1./s1. The van der Waals surface area contributed by atoms with Crippen LogP contribution in [0.5, 0.6) is 5.75 Å². The third-order valence-corrected chi connectivity index (χ3v) is 4.86. The number of piperazine rings is 1. The molecular weight excluding hydrogens is 527 g/mol. The van der Waals surface area contributed by atoms with E-state index in [2.05, 4.69) is 27.9 Å². The number of phenols is 1. The van der Waals surface area contributed by atoms with Gasteiger partial charge in [0.05, 0.1) is 3.57 Å². The first-order valence-electron chi connectivity index (χ1n) is 6.40. The van der Waals surface area contributed by atoms with Crippen molar-refractivity contribution in [1.82, 2.24) is 10.2 Å². The normalized spacial score (nSPS) is 17.6. The topological polar surface area (TPSA) is 35.5 Å². The van der Waals surface area contributed by atoms with E-state index in [1.54, 1.807) is 0 Å². The summed E-state index contributed by atoms with van der Waals surface area (Å²) in [6.07, 6.45) is -2.63. The van der Waals surface area contributed by atoms with Crippen LogP contribution < -0.4 is 5.32 Å². The molecule has 0 aliphatic carbocycles. The van der Waals surface area contributed by atoms with Gasteiger partial charge in [-0.3, -0.25) is 4.90 Å². The highest BCUT2D eigenvalue weighted by atomic mass is 127. The number of phenolic OH excluding ortho intramolecular Hbond substituents is 1. The number of hydrogen-bond acceptors (Lipinski definition) is 3. The maximum atomic E-state index is 12.9. The lowest BCUT2D eigenvalue weighted by atomic mass is 10.0. The van der Waals surface area contributed by atoms with Crippen molar-refractivity contribution in [2.75, 3.05) is 26.2 Å². The van der Waals surface area contributed by atoms with Gasteiger partial charge >= 0.3 is 0 Å². The zero-order chi connectivity index (χ0) is 14.7. The molecule has 0 unspecified atom stereocenters. The summed E-state index contributed by atoms with van der Waals surface area (Å²) in [4.78, 5) is 2.03. The van der Waals surface area contributed by atoms with Crippen molar-refractivity contribution < 1.29 is 13.9 Å². The van der Waals surface area contributed by atoms with E-state index in [1.807, 2.05) is 39.6 Å². The number of nitrogens with zero attached hydrogens (tertiary/aromatic N) is 1. The molecule has 0 radical (unpaired) electrons. The Morgan fingerprint density at radius 1 is 1.24 bits per heavy atom. The molecule has 0 saturated carbocycles. The van der Waals surface area contributed by atoms with Crippen molar-refractivity contribution in [3.8, 4) is 5.75 Å². The number of alkyl halides is 2. The van der Waals surface area contributed by atoms with E-state index >= 15 is 0 Å². The Bertz CT molecular complexity index is 474. The van der Waals surface area contributed by atoms with Crippen molar-refractivity contribution in [3.05, 3.63) is 24.8 Å². The summed E-state index contributed by atoms with van der Waals surface area (Å²) in [6, 6.07) is 3.23. The van der Waals surface area contributed by atoms with Crippen molar-refractivity contribution in [1.29, 1.82) is 0 Å². The molecule has 1 fully saturated rings. The van der Waals surface area contributed by atoms with Gasteiger partial charge in [0.2, 0.25) is 6.43 Å². The largest absolute Gasteiger partial charge is 0.506 e. The van der Waals surface area contributed by atoms with Gasteiger partial charge in [0.15, 0.2) is 0 Å². The third kappa shape index (κ3) is 5.29. The first-order chi connectivity index (χ1) is 9.49. The Balaban J connectivity index is 0.00000220. The molecular formula is C13H17ClF2I2N2O. The van der Waals surface area contributed by atoms with Gasteiger partial charge in [-0.15, -0.1) is 12.4 Å². The minimum atomic E-state index is -2.38. The maximum Gasteiger partial charge on any atom is 0.240 e. The van der Waals surface area contributed by atoms with Gasteiger partial charge < -0.3 is 10.4 Å². The lowest BCUT2D eigenvalue weighted by molar-refractivity contribution is 0.0729. The molecule has 1 atom stereocenters. The molecule has 1 aromatic carbocycles. The summed E-state index contributed by atoms with van der Waals surface area (Å²) in [5.74, 6) is 0.134. The Morgan fingerprint density at radius 3 is 2.43 bits per heavy atom. The van der Waals surface area contributed by atoms with Crippen LogP contribution in [0.3, 0.4) is 0 Å². The highest BCUT2D eigenvalue weighted by molar-refractivity contribution is 14.1. The molecule has 1 aromatic rings. The minimum Gasteiger partial charge on any atom is -0.506 e. The fraction of sp³-hybridized carbons (Fsp3) is 0.538. The van der Waals surface area contributed by atoms with Crippen LogP contribution in [0.25, 0.3) is 0 Å². The van der Waals surface area contributed by atoms with Crippen LogP contribution in [0.1, 0.15) is 18.0 Å². The molecule has 1 saturated heterocycles. The molecule has 1 heterocycles. The fourth-order valence-corrected chi connectivity index (χ4v) is 4.36. The van der Waals surface area contributed by atoms with Gasteiger partial charge in [0, 0.05) is 47.8 Å². The molecule has 0 bridgehead atoms. The average molecular weight is 545 g/mol. The maximum absolute atomic E-state index is 12.9. The van der Waals surface area contributed by atoms with Crippen molar-refractivity contribution in [2.45, 2.75) is 18.9 Å². The first kappa shape index (κ1) is 19.6. The number of benzene rings is 1. The molecule has 0 aromatic heterocycles. The predicted molar refractivity (Wildman–Crippen MR) is 98.6 cm³/mol. The molecule has 0 amide bonds. The van der Waals surface area contributed by atoms with Crippen LogP contribution in [-0.4, -0.2) is 42.6 Å². The predicted octanol–water partition coefficient (Wildman–Crippen LogP) is 3.62. The second-order valence-corrected chi connectivity index (χ2v) is 7.16. The Labute approximate surface area is 156 Å². The molecule has 120 valence electrons. The highest BCUT2D eigenvalue weighted by Gasteiger charge is 2.28. The summed E-state index contributed by atoms with van der Waals surface area (Å²) in [5.41, 5.74) is 0.614. The van der Waals surface area contributed by atoms with E-state index in [4.69, 9.17) is 0 Å². The monoisotopic (exact) mass is 544 g/mol. The second kappa shape index (κ2) is 8.99. The van der Waals surface area contributed by atoms with Crippen LogP contribution in [0.2, 0.25) is 0 Å². The van der Waals surface area contributed by atoms with Gasteiger partial charge in [0.25, 0.3) is 0 Å². The molecule has 21 heavy (non-hydrogen) atoms. The van der Waals surface area contributed by atoms with Crippen LogP contribution in [0.15, 0.2) is 12.1 Å². The molecule has 0 spiro atoms. The third-order valence-electron chi connectivity index (χ3n) is 3.41. The summed E-state index contributed by atoms with van der Waals surface area (Å²) >= 11 is 4.19. The van der Waals surface area contributed by atoms with Gasteiger partial charge in [0.1, 0.15) is 5.75 Å². The number of aromatic hydroxyl groups is 1. The van der Waals surface area contributed by atoms with E-state index < -0.39 is 12.5 Å². The fourth-order valence-electron chi connectivity index (χ4n) is 2.48.